The first-order chi connectivity index (χ1) is 16.8. The summed E-state index contributed by atoms with van der Waals surface area (Å²) in [6, 6.07) is 17.7. The van der Waals surface area contributed by atoms with Crippen LogP contribution in [0.2, 0.25) is 0 Å². The SMILES string of the molecule is CC(C)CCOC[C@](C)(C[C@@H](Cc1ccc(-c2ccccc2)cc1)NC(=O)c1cn[nH]n1)C(=O)O. The number of ether oxygens (including phenoxy) is 1. The van der Waals surface area contributed by atoms with Crippen LogP contribution >= 0.6 is 0 Å². The van der Waals surface area contributed by atoms with Gasteiger partial charge in [-0.05, 0) is 48.8 Å². The van der Waals surface area contributed by atoms with Crippen molar-refractivity contribution in [3.63, 3.8) is 0 Å². The second-order valence-corrected chi connectivity index (χ2v) is 9.60. The number of hydrogen-bond acceptors (Lipinski definition) is 5. The molecule has 8 heteroatoms. The van der Waals surface area contributed by atoms with Crippen LogP contribution in [0.4, 0.5) is 0 Å². The normalized spacial score (nSPS) is 13.8. The lowest BCUT2D eigenvalue weighted by Gasteiger charge is -2.30. The Labute approximate surface area is 206 Å². The van der Waals surface area contributed by atoms with Gasteiger partial charge in [-0.1, -0.05) is 68.4 Å². The number of carbonyl (C=O) groups excluding carboxylic acids is 1. The molecule has 3 rings (SSSR count). The van der Waals surface area contributed by atoms with Crippen LogP contribution in [0.3, 0.4) is 0 Å². The summed E-state index contributed by atoms with van der Waals surface area (Å²) in [5, 5.41) is 22.9. The predicted molar refractivity (Wildman–Crippen MR) is 134 cm³/mol. The molecule has 35 heavy (non-hydrogen) atoms. The van der Waals surface area contributed by atoms with Crippen molar-refractivity contribution in [3.05, 3.63) is 72.1 Å². The quantitative estimate of drug-likeness (QED) is 0.314. The van der Waals surface area contributed by atoms with Crippen LogP contribution in [-0.2, 0) is 16.0 Å². The molecule has 1 amide bonds. The Morgan fingerprint density at radius 1 is 1.09 bits per heavy atom. The second-order valence-electron chi connectivity index (χ2n) is 9.60. The van der Waals surface area contributed by atoms with Crippen molar-refractivity contribution in [2.24, 2.45) is 11.3 Å². The van der Waals surface area contributed by atoms with Crippen molar-refractivity contribution >= 4 is 11.9 Å². The summed E-state index contributed by atoms with van der Waals surface area (Å²) in [5.74, 6) is -0.889. The minimum Gasteiger partial charge on any atom is -0.481 e. The number of amides is 1. The summed E-state index contributed by atoms with van der Waals surface area (Å²) < 4.78 is 5.74. The molecule has 0 bridgehead atoms. The highest BCUT2D eigenvalue weighted by atomic mass is 16.5. The van der Waals surface area contributed by atoms with E-state index in [0.29, 0.717) is 18.9 Å². The molecule has 3 N–H and O–H groups in total. The molecule has 1 heterocycles. The van der Waals surface area contributed by atoms with E-state index in [9.17, 15) is 14.7 Å². The van der Waals surface area contributed by atoms with Crippen LogP contribution < -0.4 is 5.32 Å². The second kappa shape index (κ2) is 12.3. The lowest BCUT2D eigenvalue weighted by molar-refractivity contribution is -0.152. The highest BCUT2D eigenvalue weighted by molar-refractivity contribution is 5.92. The van der Waals surface area contributed by atoms with E-state index in [1.165, 1.54) is 6.20 Å². The molecule has 0 aliphatic carbocycles. The molecule has 0 saturated heterocycles. The third-order valence-electron chi connectivity index (χ3n) is 6.00. The molecule has 186 valence electrons. The number of aliphatic carboxylic acids is 1. The molecular formula is C27H34N4O4. The molecule has 0 radical (unpaired) electrons. The predicted octanol–water partition coefficient (Wildman–Crippen LogP) is 4.36. The fourth-order valence-corrected chi connectivity index (χ4v) is 3.86. The number of nitrogens with one attached hydrogen (secondary N) is 2. The number of hydrogen-bond donors (Lipinski definition) is 3. The molecule has 3 aromatic rings. The van der Waals surface area contributed by atoms with Gasteiger partial charge in [-0.15, -0.1) is 0 Å². The van der Waals surface area contributed by atoms with Gasteiger partial charge in [0, 0.05) is 12.6 Å². The van der Waals surface area contributed by atoms with Crippen molar-refractivity contribution in [2.75, 3.05) is 13.2 Å². The summed E-state index contributed by atoms with van der Waals surface area (Å²) in [4.78, 5) is 25.0. The van der Waals surface area contributed by atoms with Gasteiger partial charge >= 0.3 is 5.97 Å². The molecule has 0 aliphatic heterocycles. The first-order valence-electron chi connectivity index (χ1n) is 11.9. The molecule has 0 spiro atoms. The zero-order valence-electron chi connectivity index (χ0n) is 20.5. The summed E-state index contributed by atoms with van der Waals surface area (Å²) in [5.41, 5.74) is 2.18. The average Bonchev–Trinajstić information content (AvgIpc) is 3.38. The van der Waals surface area contributed by atoms with E-state index in [4.69, 9.17) is 4.74 Å². The van der Waals surface area contributed by atoms with E-state index in [2.05, 4.69) is 34.6 Å². The number of aromatic amines is 1. The third kappa shape index (κ3) is 7.75. The zero-order valence-corrected chi connectivity index (χ0v) is 20.5. The molecule has 1 aromatic heterocycles. The van der Waals surface area contributed by atoms with E-state index >= 15 is 0 Å². The van der Waals surface area contributed by atoms with Gasteiger partial charge < -0.3 is 15.2 Å². The largest absolute Gasteiger partial charge is 0.481 e. The standard InChI is InChI=1S/C27H34N4O4/c1-19(2)13-14-35-18-27(3,26(33)34)16-23(29-25(32)24-17-28-31-30-24)15-20-9-11-22(12-10-20)21-7-5-4-6-8-21/h4-12,17,19,23H,13-16,18H2,1-3H3,(H,29,32)(H,33,34)(H,28,30,31)/t23-,27+/m1/s1. The Bertz CT molecular complexity index is 1070. The number of carboxylic acid groups (broad SMARTS) is 1. The highest BCUT2D eigenvalue weighted by Gasteiger charge is 2.37. The van der Waals surface area contributed by atoms with Gasteiger partial charge in [-0.2, -0.15) is 15.4 Å². The fourth-order valence-electron chi connectivity index (χ4n) is 3.86. The van der Waals surface area contributed by atoms with Crippen molar-refractivity contribution < 1.29 is 19.4 Å². The molecule has 2 atom stereocenters. The van der Waals surface area contributed by atoms with Gasteiger partial charge in [0.15, 0.2) is 5.69 Å². The Morgan fingerprint density at radius 3 is 2.37 bits per heavy atom. The Balaban J connectivity index is 1.76. The monoisotopic (exact) mass is 478 g/mol. The zero-order chi connectivity index (χ0) is 25.3. The first-order valence-corrected chi connectivity index (χ1v) is 11.9. The van der Waals surface area contributed by atoms with E-state index in [1.54, 1.807) is 6.92 Å². The fraction of sp³-hybridized carbons (Fsp3) is 0.407. The number of aromatic nitrogens is 3. The van der Waals surface area contributed by atoms with E-state index in [0.717, 1.165) is 23.1 Å². The summed E-state index contributed by atoms with van der Waals surface area (Å²) in [6.45, 7) is 6.42. The summed E-state index contributed by atoms with van der Waals surface area (Å²) in [7, 11) is 0. The van der Waals surface area contributed by atoms with E-state index < -0.39 is 23.3 Å². The molecule has 0 fully saturated rings. The smallest absolute Gasteiger partial charge is 0.311 e. The number of nitrogens with zero attached hydrogens (tertiary/aromatic N) is 2. The topological polar surface area (TPSA) is 117 Å². The highest BCUT2D eigenvalue weighted by Crippen LogP contribution is 2.27. The Kier molecular flexibility index (Phi) is 9.14. The maximum atomic E-state index is 12.7. The van der Waals surface area contributed by atoms with E-state index in [1.807, 2.05) is 54.6 Å². The van der Waals surface area contributed by atoms with Crippen molar-refractivity contribution in [2.45, 2.75) is 46.1 Å². The maximum Gasteiger partial charge on any atom is 0.311 e. The van der Waals surface area contributed by atoms with Crippen molar-refractivity contribution in [1.29, 1.82) is 0 Å². The summed E-state index contributed by atoms with van der Waals surface area (Å²) in [6.07, 6.45) is 2.86. The molecular weight excluding hydrogens is 444 g/mol. The number of carbonyl (C=O) groups is 2. The van der Waals surface area contributed by atoms with Gasteiger partial charge in [-0.3, -0.25) is 9.59 Å². The minimum atomic E-state index is -1.16. The lowest BCUT2D eigenvalue weighted by atomic mass is 9.82. The Hall–Kier alpha value is -3.52. The van der Waals surface area contributed by atoms with Crippen LogP contribution in [-0.4, -0.2) is 51.6 Å². The lowest BCUT2D eigenvalue weighted by Crippen LogP contribution is -2.44. The molecule has 0 aliphatic rings. The van der Waals surface area contributed by atoms with Gasteiger partial charge in [0.05, 0.1) is 18.2 Å². The van der Waals surface area contributed by atoms with Gasteiger partial charge in [0.1, 0.15) is 0 Å². The van der Waals surface area contributed by atoms with Crippen LogP contribution in [0.1, 0.15) is 49.7 Å². The van der Waals surface area contributed by atoms with Crippen molar-refractivity contribution in [1.82, 2.24) is 20.7 Å². The number of H-pyrrole nitrogens is 1. The van der Waals surface area contributed by atoms with Crippen LogP contribution in [0.15, 0.2) is 60.8 Å². The Morgan fingerprint density at radius 2 is 1.77 bits per heavy atom. The van der Waals surface area contributed by atoms with E-state index in [-0.39, 0.29) is 18.7 Å². The first kappa shape index (κ1) is 26.1. The number of carboxylic acids is 1. The van der Waals surface area contributed by atoms with Gasteiger partial charge in [-0.25, -0.2) is 0 Å². The maximum absolute atomic E-state index is 12.7. The number of benzene rings is 2. The molecule has 0 saturated carbocycles. The van der Waals surface area contributed by atoms with Crippen LogP contribution in [0.25, 0.3) is 11.1 Å². The molecule has 2 aromatic carbocycles. The van der Waals surface area contributed by atoms with Gasteiger partial charge in [0.2, 0.25) is 0 Å². The van der Waals surface area contributed by atoms with Crippen LogP contribution in [0, 0.1) is 11.3 Å². The summed E-state index contributed by atoms with van der Waals surface area (Å²) >= 11 is 0. The third-order valence-corrected chi connectivity index (χ3v) is 6.00. The minimum absolute atomic E-state index is 0.0678. The van der Waals surface area contributed by atoms with Gasteiger partial charge in [0.25, 0.3) is 5.91 Å². The molecule has 0 unspecified atom stereocenters. The van der Waals surface area contributed by atoms with Crippen molar-refractivity contribution in [3.8, 4) is 11.1 Å². The molecule has 8 nitrogen and oxygen atoms in total. The average molecular weight is 479 g/mol. The van der Waals surface area contributed by atoms with Crippen LogP contribution in [0.5, 0.6) is 0 Å². The number of rotatable bonds is 13.